The maximum absolute atomic E-state index is 4.40. The van der Waals surface area contributed by atoms with E-state index in [2.05, 4.69) is 49.2 Å². The molecule has 0 saturated heterocycles. The normalized spacial score (nSPS) is 10.5. The molecule has 0 unspecified atom stereocenters. The Balaban J connectivity index is 2.42. The highest BCUT2D eigenvalue weighted by Crippen LogP contribution is 2.20. The van der Waals surface area contributed by atoms with Crippen molar-refractivity contribution in [3.63, 3.8) is 0 Å². The number of aryl methyl sites for hydroxylation is 2. The molecule has 3 heteroatoms. The van der Waals surface area contributed by atoms with Crippen LogP contribution in [0.2, 0.25) is 0 Å². The van der Waals surface area contributed by atoms with Crippen LogP contribution in [0.3, 0.4) is 0 Å². The number of hydrogen-bond acceptors (Lipinski definition) is 2. The molecule has 2 aromatic rings. The molecule has 0 amide bonds. The van der Waals surface area contributed by atoms with E-state index in [0.29, 0.717) is 0 Å². The highest BCUT2D eigenvalue weighted by molar-refractivity contribution is 5.56. The van der Waals surface area contributed by atoms with Gasteiger partial charge in [-0.05, 0) is 43.7 Å². The number of hydrogen-bond donors (Lipinski definition) is 0. The predicted octanol–water partition coefficient (Wildman–Crippen LogP) is 2.56. The second-order valence-electron chi connectivity index (χ2n) is 4.27. The third kappa shape index (κ3) is 1.94. The number of rotatable bonds is 2. The molecule has 2 rings (SSSR count). The topological polar surface area (TPSA) is 21.1 Å². The largest absolute Gasteiger partial charge is 0.377 e. The van der Waals surface area contributed by atoms with Gasteiger partial charge in [0.15, 0.2) is 0 Å². The van der Waals surface area contributed by atoms with Crippen molar-refractivity contribution in [2.75, 3.05) is 19.0 Å². The van der Waals surface area contributed by atoms with Gasteiger partial charge in [-0.1, -0.05) is 0 Å². The van der Waals surface area contributed by atoms with Gasteiger partial charge in [0.1, 0.15) is 0 Å². The van der Waals surface area contributed by atoms with Crippen LogP contribution >= 0.6 is 0 Å². The summed E-state index contributed by atoms with van der Waals surface area (Å²) in [6.07, 6.45) is 1.99. The minimum atomic E-state index is 1.04. The van der Waals surface area contributed by atoms with Crippen LogP contribution in [-0.2, 0) is 0 Å². The van der Waals surface area contributed by atoms with Crippen LogP contribution in [0.25, 0.3) is 5.69 Å². The zero-order valence-corrected chi connectivity index (χ0v) is 10.2. The maximum Gasteiger partial charge on any atom is 0.0649 e. The number of anilines is 1. The van der Waals surface area contributed by atoms with E-state index >= 15 is 0 Å². The van der Waals surface area contributed by atoms with Crippen LogP contribution in [0.5, 0.6) is 0 Å². The molecular weight excluding hydrogens is 198 g/mol. The van der Waals surface area contributed by atoms with E-state index in [4.69, 9.17) is 0 Å². The highest BCUT2D eigenvalue weighted by atomic mass is 15.3. The smallest absolute Gasteiger partial charge is 0.0649 e. The molecule has 16 heavy (non-hydrogen) atoms. The molecule has 0 aliphatic rings. The van der Waals surface area contributed by atoms with Crippen LogP contribution in [0.1, 0.15) is 11.3 Å². The molecule has 0 aliphatic carbocycles. The summed E-state index contributed by atoms with van der Waals surface area (Å²) in [5.74, 6) is 0. The second-order valence-corrected chi connectivity index (χ2v) is 4.27. The van der Waals surface area contributed by atoms with Gasteiger partial charge in [0.25, 0.3) is 0 Å². The first kappa shape index (κ1) is 10.7. The third-order valence-corrected chi connectivity index (χ3v) is 2.65. The zero-order chi connectivity index (χ0) is 11.7. The molecule has 84 valence electrons. The molecule has 0 radical (unpaired) electrons. The Bertz CT molecular complexity index is 498. The highest BCUT2D eigenvalue weighted by Gasteiger charge is 2.03. The molecular formula is C13H17N3. The number of nitrogens with zero attached hydrogens (tertiary/aromatic N) is 3. The van der Waals surface area contributed by atoms with Gasteiger partial charge in [0.05, 0.1) is 11.4 Å². The molecule has 0 N–H and O–H groups in total. The summed E-state index contributed by atoms with van der Waals surface area (Å²) in [6, 6.07) is 8.38. The summed E-state index contributed by atoms with van der Waals surface area (Å²) in [5, 5.41) is 4.40. The van der Waals surface area contributed by atoms with E-state index in [0.717, 1.165) is 11.4 Å². The van der Waals surface area contributed by atoms with Crippen molar-refractivity contribution in [1.29, 1.82) is 0 Å². The molecule has 0 bridgehead atoms. The monoisotopic (exact) mass is 215 g/mol. The van der Waals surface area contributed by atoms with Crippen LogP contribution in [-0.4, -0.2) is 23.9 Å². The average molecular weight is 215 g/mol. The number of benzene rings is 1. The van der Waals surface area contributed by atoms with Crippen LogP contribution in [0, 0.1) is 13.8 Å². The average Bonchev–Trinajstić information content (AvgIpc) is 2.64. The molecule has 0 saturated carbocycles. The van der Waals surface area contributed by atoms with Gasteiger partial charge in [-0.15, -0.1) is 0 Å². The second kappa shape index (κ2) is 4.00. The minimum absolute atomic E-state index is 1.04. The fourth-order valence-corrected chi connectivity index (χ4v) is 1.84. The lowest BCUT2D eigenvalue weighted by molar-refractivity contribution is 0.861. The summed E-state index contributed by atoms with van der Waals surface area (Å²) in [6.45, 7) is 4.12. The van der Waals surface area contributed by atoms with Crippen molar-refractivity contribution < 1.29 is 0 Å². The zero-order valence-electron chi connectivity index (χ0n) is 10.2. The van der Waals surface area contributed by atoms with Crippen LogP contribution in [0.15, 0.2) is 30.5 Å². The molecule has 3 nitrogen and oxygen atoms in total. The quantitative estimate of drug-likeness (QED) is 0.767. The van der Waals surface area contributed by atoms with Crippen LogP contribution in [0.4, 0.5) is 5.69 Å². The van der Waals surface area contributed by atoms with E-state index in [9.17, 15) is 0 Å². The van der Waals surface area contributed by atoms with E-state index in [1.165, 1.54) is 11.3 Å². The Labute approximate surface area is 96.3 Å². The fourth-order valence-electron chi connectivity index (χ4n) is 1.84. The standard InChI is InChI=1S/C13H17N3/c1-10-9-12(5-6-13(10)15(3)4)16-8-7-11(2)14-16/h5-9H,1-4H3. The summed E-state index contributed by atoms with van der Waals surface area (Å²) in [7, 11) is 4.11. The van der Waals surface area contributed by atoms with Gasteiger partial charge in [0.2, 0.25) is 0 Å². The lowest BCUT2D eigenvalue weighted by Crippen LogP contribution is -2.10. The summed E-state index contributed by atoms with van der Waals surface area (Å²) in [5.41, 5.74) is 4.65. The van der Waals surface area contributed by atoms with Crippen molar-refractivity contribution in [2.24, 2.45) is 0 Å². The maximum atomic E-state index is 4.40. The molecule has 0 fully saturated rings. The Morgan fingerprint density at radius 1 is 1.12 bits per heavy atom. The van der Waals surface area contributed by atoms with Gasteiger partial charge in [-0.25, -0.2) is 4.68 Å². The molecule has 0 aliphatic heterocycles. The minimum Gasteiger partial charge on any atom is -0.377 e. The summed E-state index contributed by atoms with van der Waals surface area (Å²) < 4.78 is 1.90. The molecule has 0 atom stereocenters. The van der Waals surface area contributed by atoms with E-state index < -0.39 is 0 Å². The van der Waals surface area contributed by atoms with Crippen molar-refractivity contribution in [3.8, 4) is 5.69 Å². The summed E-state index contributed by atoms with van der Waals surface area (Å²) >= 11 is 0. The molecule has 1 aromatic carbocycles. The third-order valence-electron chi connectivity index (χ3n) is 2.65. The van der Waals surface area contributed by atoms with Crippen molar-refractivity contribution >= 4 is 5.69 Å². The lowest BCUT2D eigenvalue weighted by Gasteiger charge is -2.16. The summed E-state index contributed by atoms with van der Waals surface area (Å²) in [4.78, 5) is 2.12. The Morgan fingerprint density at radius 3 is 2.38 bits per heavy atom. The molecule has 0 spiro atoms. The number of aromatic nitrogens is 2. The van der Waals surface area contributed by atoms with Crippen molar-refractivity contribution in [1.82, 2.24) is 9.78 Å². The van der Waals surface area contributed by atoms with Crippen LogP contribution < -0.4 is 4.90 Å². The predicted molar refractivity (Wildman–Crippen MR) is 67.4 cm³/mol. The van der Waals surface area contributed by atoms with Gasteiger partial charge in [-0.3, -0.25) is 0 Å². The first-order valence-electron chi connectivity index (χ1n) is 5.38. The Morgan fingerprint density at radius 2 is 1.88 bits per heavy atom. The van der Waals surface area contributed by atoms with Gasteiger partial charge < -0.3 is 4.90 Å². The fraction of sp³-hybridized carbons (Fsp3) is 0.308. The Hall–Kier alpha value is -1.77. The Kier molecular flexibility index (Phi) is 2.69. The van der Waals surface area contributed by atoms with Crippen molar-refractivity contribution in [3.05, 3.63) is 41.7 Å². The van der Waals surface area contributed by atoms with E-state index in [1.807, 2.05) is 23.9 Å². The van der Waals surface area contributed by atoms with Gasteiger partial charge in [0, 0.05) is 26.0 Å². The lowest BCUT2D eigenvalue weighted by atomic mass is 10.1. The first-order chi connectivity index (χ1) is 7.58. The molecule has 1 aromatic heterocycles. The van der Waals surface area contributed by atoms with E-state index in [-0.39, 0.29) is 0 Å². The van der Waals surface area contributed by atoms with E-state index in [1.54, 1.807) is 0 Å². The van der Waals surface area contributed by atoms with Gasteiger partial charge >= 0.3 is 0 Å². The first-order valence-corrected chi connectivity index (χ1v) is 5.38. The van der Waals surface area contributed by atoms with Crippen molar-refractivity contribution in [2.45, 2.75) is 13.8 Å². The molecule has 1 heterocycles. The van der Waals surface area contributed by atoms with Gasteiger partial charge in [-0.2, -0.15) is 5.10 Å². The SMILES string of the molecule is Cc1ccn(-c2ccc(N(C)C)c(C)c2)n1.